The Hall–Kier alpha value is -3.02. The van der Waals surface area contributed by atoms with Gasteiger partial charge in [0.25, 0.3) is 11.8 Å². The first kappa shape index (κ1) is 19.7. The SMILES string of the molecule is O=C(NCCC1=CCCCC1)c1cccc(C(=O)NCc2ccccc2F)n1. The first-order valence-corrected chi connectivity index (χ1v) is 9.58. The molecule has 1 aromatic carbocycles. The third kappa shape index (κ3) is 5.49. The molecule has 2 amide bonds. The number of pyridine rings is 1. The molecule has 0 unspecified atom stereocenters. The first-order chi connectivity index (χ1) is 13.6. The van der Waals surface area contributed by atoms with E-state index in [0.29, 0.717) is 12.1 Å². The van der Waals surface area contributed by atoms with Gasteiger partial charge >= 0.3 is 0 Å². The second-order valence-corrected chi connectivity index (χ2v) is 6.80. The van der Waals surface area contributed by atoms with Crippen LogP contribution in [0.1, 0.15) is 58.6 Å². The van der Waals surface area contributed by atoms with E-state index in [1.165, 1.54) is 30.5 Å². The zero-order valence-electron chi connectivity index (χ0n) is 15.7. The first-order valence-electron chi connectivity index (χ1n) is 9.58. The molecule has 0 aliphatic heterocycles. The van der Waals surface area contributed by atoms with Crippen LogP contribution in [0.15, 0.2) is 54.1 Å². The number of amides is 2. The number of nitrogens with zero attached hydrogens (tertiary/aromatic N) is 1. The molecule has 1 aliphatic rings. The van der Waals surface area contributed by atoms with Crippen LogP contribution in [-0.4, -0.2) is 23.3 Å². The van der Waals surface area contributed by atoms with Gasteiger partial charge in [-0.2, -0.15) is 0 Å². The molecule has 0 saturated heterocycles. The van der Waals surface area contributed by atoms with E-state index in [-0.39, 0.29) is 29.7 Å². The van der Waals surface area contributed by atoms with Gasteiger partial charge in [0.05, 0.1) is 0 Å². The summed E-state index contributed by atoms with van der Waals surface area (Å²) < 4.78 is 13.6. The Morgan fingerprint density at radius 2 is 1.71 bits per heavy atom. The lowest BCUT2D eigenvalue weighted by Gasteiger charge is -2.13. The lowest BCUT2D eigenvalue weighted by molar-refractivity contribution is 0.0942. The lowest BCUT2D eigenvalue weighted by atomic mass is 9.97. The van der Waals surface area contributed by atoms with Crippen LogP contribution in [0.3, 0.4) is 0 Å². The largest absolute Gasteiger partial charge is 0.350 e. The van der Waals surface area contributed by atoms with Crippen LogP contribution in [0.2, 0.25) is 0 Å². The molecule has 2 N–H and O–H groups in total. The van der Waals surface area contributed by atoms with Gasteiger partial charge in [-0.05, 0) is 50.3 Å². The molecule has 146 valence electrons. The maximum Gasteiger partial charge on any atom is 0.270 e. The van der Waals surface area contributed by atoms with E-state index in [2.05, 4.69) is 21.7 Å². The fourth-order valence-electron chi connectivity index (χ4n) is 3.15. The van der Waals surface area contributed by atoms with Gasteiger partial charge in [-0.25, -0.2) is 9.37 Å². The molecular weight excluding hydrogens is 357 g/mol. The van der Waals surface area contributed by atoms with E-state index in [0.717, 1.165) is 19.3 Å². The highest BCUT2D eigenvalue weighted by molar-refractivity contribution is 5.96. The Kier molecular flexibility index (Phi) is 6.89. The molecule has 28 heavy (non-hydrogen) atoms. The number of nitrogens with one attached hydrogen (secondary N) is 2. The van der Waals surface area contributed by atoms with Crippen LogP contribution in [0, 0.1) is 5.82 Å². The number of allylic oxidation sites excluding steroid dienone is 1. The number of carbonyl (C=O) groups excluding carboxylic acids is 2. The fraction of sp³-hybridized carbons (Fsp3) is 0.318. The van der Waals surface area contributed by atoms with Gasteiger partial charge in [-0.3, -0.25) is 9.59 Å². The molecule has 0 fully saturated rings. The van der Waals surface area contributed by atoms with Crippen molar-refractivity contribution in [3.05, 3.63) is 76.9 Å². The highest BCUT2D eigenvalue weighted by Crippen LogP contribution is 2.19. The number of aromatic nitrogens is 1. The normalized spacial score (nSPS) is 13.5. The molecule has 1 aromatic heterocycles. The van der Waals surface area contributed by atoms with Gasteiger partial charge in [0, 0.05) is 18.7 Å². The van der Waals surface area contributed by atoms with Crippen molar-refractivity contribution in [3.63, 3.8) is 0 Å². The van der Waals surface area contributed by atoms with Crippen molar-refractivity contribution < 1.29 is 14.0 Å². The van der Waals surface area contributed by atoms with Crippen molar-refractivity contribution >= 4 is 11.8 Å². The molecule has 1 heterocycles. The van der Waals surface area contributed by atoms with Crippen LogP contribution < -0.4 is 10.6 Å². The van der Waals surface area contributed by atoms with Crippen molar-refractivity contribution in [2.24, 2.45) is 0 Å². The number of hydrogen-bond donors (Lipinski definition) is 2. The molecule has 6 heteroatoms. The predicted molar refractivity (Wildman–Crippen MR) is 105 cm³/mol. The minimum Gasteiger partial charge on any atom is -0.350 e. The molecule has 3 rings (SSSR count). The minimum absolute atomic E-state index is 0.0543. The zero-order chi connectivity index (χ0) is 19.8. The maximum atomic E-state index is 13.6. The van der Waals surface area contributed by atoms with Crippen molar-refractivity contribution in [2.45, 2.75) is 38.6 Å². The van der Waals surface area contributed by atoms with E-state index < -0.39 is 5.91 Å². The highest BCUT2D eigenvalue weighted by Gasteiger charge is 2.13. The molecule has 5 nitrogen and oxygen atoms in total. The van der Waals surface area contributed by atoms with Gasteiger partial charge in [0.15, 0.2) is 0 Å². The summed E-state index contributed by atoms with van der Waals surface area (Å²) in [5, 5.41) is 5.48. The molecule has 0 saturated carbocycles. The van der Waals surface area contributed by atoms with E-state index in [9.17, 15) is 14.0 Å². The third-order valence-corrected chi connectivity index (χ3v) is 4.73. The average Bonchev–Trinajstić information content (AvgIpc) is 2.74. The summed E-state index contributed by atoms with van der Waals surface area (Å²) in [4.78, 5) is 28.7. The Balaban J connectivity index is 1.53. The van der Waals surface area contributed by atoms with Crippen molar-refractivity contribution in [3.8, 4) is 0 Å². The summed E-state index contributed by atoms with van der Waals surface area (Å²) in [5.41, 5.74) is 2.10. The van der Waals surface area contributed by atoms with Crippen molar-refractivity contribution in [2.75, 3.05) is 6.54 Å². The van der Waals surface area contributed by atoms with E-state index in [1.54, 1.807) is 30.3 Å². The molecule has 2 aromatic rings. The molecule has 0 spiro atoms. The number of carbonyl (C=O) groups is 2. The van der Waals surface area contributed by atoms with Gasteiger partial charge < -0.3 is 10.6 Å². The number of rotatable bonds is 7. The minimum atomic E-state index is -0.453. The summed E-state index contributed by atoms with van der Waals surface area (Å²) in [6, 6.07) is 11.0. The zero-order valence-corrected chi connectivity index (χ0v) is 15.7. The Morgan fingerprint density at radius 3 is 2.43 bits per heavy atom. The molecule has 0 bridgehead atoms. The fourth-order valence-corrected chi connectivity index (χ4v) is 3.15. The standard InChI is InChI=1S/C22H24FN3O2/c23-18-10-5-4-9-17(18)15-25-22(28)20-12-6-11-19(26-20)21(27)24-14-13-16-7-2-1-3-8-16/h4-7,9-12H,1-3,8,13-15H2,(H,24,27)(H,25,28). The quantitative estimate of drug-likeness (QED) is 0.717. The van der Waals surface area contributed by atoms with E-state index in [1.807, 2.05) is 0 Å². The summed E-state index contributed by atoms with van der Waals surface area (Å²) in [5.74, 6) is -1.14. The summed E-state index contributed by atoms with van der Waals surface area (Å²) in [6.07, 6.45) is 7.78. The molecule has 0 radical (unpaired) electrons. The van der Waals surface area contributed by atoms with Gasteiger partial charge in [0.1, 0.15) is 17.2 Å². The number of hydrogen-bond acceptors (Lipinski definition) is 3. The van der Waals surface area contributed by atoms with Gasteiger partial charge in [-0.15, -0.1) is 0 Å². The number of benzene rings is 1. The number of halogens is 1. The molecule has 0 atom stereocenters. The van der Waals surface area contributed by atoms with E-state index in [4.69, 9.17) is 0 Å². The second kappa shape index (κ2) is 9.78. The summed E-state index contributed by atoms with van der Waals surface area (Å²) >= 11 is 0. The van der Waals surface area contributed by atoms with Gasteiger partial charge in [-0.1, -0.05) is 35.9 Å². The Morgan fingerprint density at radius 1 is 0.964 bits per heavy atom. The summed E-state index contributed by atoms with van der Waals surface area (Å²) in [6.45, 7) is 0.606. The van der Waals surface area contributed by atoms with Crippen LogP contribution >= 0.6 is 0 Å². The summed E-state index contributed by atoms with van der Waals surface area (Å²) in [7, 11) is 0. The predicted octanol–water partition coefficient (Wildman–Crippen LogP) is 3.77. The van der Waals surface area contributed by atoms with Crippen LogP contribution in [0.5, 0.6) is 0 Å². The maximum absolute atomic E-state index is 13.6. The topological polar surface area (TPSA) is 71.1 Å². The van der Waals surface area contributed by atoms with Crippen LogP contribution in [0.4, 0.5) is 4.39 Å². The molecule has 1 aliphatic carbocycles. The van der Waals surface area contributed by atoms with Crippen LogP contribution in [-0.2, 0) is 6.54 Å². The lowest BCUT2D eigenvalue weighted by Crippen LogP contribution is -2.28. The van der Waals surface area contributed by atoms with Crippen molar-refractivity contribution in [1.82, 2.24) is 15.6 Å². The Labute approximate surface area is 164 Å². The smallest absolute Gasteiger partial charge is 0.270 e. The van der Waals surface area contributed by atoms with Crippen LogP contribution in [0.25, 0.3) is 0 Å². The highest BCUT2D eigenvalue weighted by atomic mass is 19.1. The molecular formula is C22H24FN3O2. The van der Waals surface area contributed by atoms with E-state index >= 15 is 0 Å². The average molecular weight is 381 g/mol. The Bertz CT molecular complexity index is 880. The van der Waals surface area contributed by atoms with Crippen molar-refractivity contribution in [1.29, 1.82) is 0 Å². The third-order valence-electron chi connectivity index (χ3n) is 4.73. The second-order valence-electron chi connectivity index (χ2n) is 6.80. The van der Waals surface area contributed by atoms with Gasteiger partial charge in [0.2, 0.25) is 0 Å². The monoisotopic (exact) mass is 381 g/mol.